The molecule has 0 radical (unpaired) electrons. The lowest BCUT2D eigenvalue weighted by atomic mass is 10.3. The van der Waals surface area contributed by atoms with E-state index in [1.165, 1.54) is 6.33 Å². The van der Waals surface area contributed by atoms with Crippen LogP contribution in [0.15, 0.2) is 18.6 Å². The van der Waals surface area contributed by atoms with Crippen molar-refractivity contribution in [3.63, 3.8) is 0 Å². The molecular weight excluding hydrogens is 234 g/mol. The number of hydrogen-bond acceptors (Lipinski definition) is 6. The topological polar surface area (TPSA) is 85.0 Å². The molecule has 7 nitrogen and oxygen atoms in total. The van der Waals surface area contributed by atoms with Gasteiger partial charge in [0.25, 0.3) is 0 Å². The Morgan fingerprint density at radius 3 is 2.44 bits per heavy atom. The van der Waals surface area contributed by atoms with Crippen molar-refractivity contribution in [2.75, 3.05) is 14.2 Å². The van der Waals surface area contributed by atoms with E-state index in [1.54, 1.807) is 20.4 Å². The van der Waals surface area contributed by atoms with Gasteiger partial charge in [-0.15, -0.1) is 0 Å². The molecule has 2 aromatic rings. The van der Waals surface area contributed by atoms with Crippen LogP contribution in [-0.2, 0) is 13.1 Å². The standard InChI is InChI=1S/C11H15N5O2/c1-17-10-9(11(18-2)14-7-13-10)6-12-5-8-3-4-15-16-8/h3-4,7,12H,5-6H2,1-2H3,(H,15,16). The Labute approximate surface area is 105 Å². The monoisotopic (exact) mass is 249 g/mol. The molecule has 0 saturated heterocycles. The average molecular weight is 249 g/mol. The number of nitrogens with zero attached hydrogens (tertiary/aromatic N) is 3. The van der Waals surface area contributed by atoms with Crippen molar-refractivity contribution in [2.24, 2.45) is 0 Å². The Hall–Kier alpha value is -2.15. The molecule has 7 heteroatoms. The summed E-state index contributed by atoms with van der Waals surface area (Å²) >= 11 is 0. The molecular formula is C11H15N5O2. The summed E-state index contributed by atoms with van der Waals surface area (Å²) in [4.78, 5) is 8.10. The van der Waals surface area contributed by atoms with Gasteiger partial charge in [0.15, 0.2) is 0 Å². The SMILES string of the molecule is COc1ncnc(OC)c1CNCc1ccn[nH]1. The van der Waals surface area contributed by atoms with E-state index in [4.69, 9.17) is 9.47 Å². The quantitative estimate of drug-likeness (QED) is 0.775. The maximum absolute atomic E-state index is 5.18. The molecule has 2 heterocycles. The van der Waals surface area contributed by atoms with Crippen LogP contribution in [0.3, 0.4) is 0 Å². The van der Waals surface area contributed by atoms with E-state index in [0.717, 1.165) is 11.3 Å². The molecule has 0 aliphatic carbocycles. The first-order valence-electron chi connectivity index (χ1n) is 5.46. The second-order valence-electron chi connectivity index (χ2n) is 3.56. The Balaban J connectivity index is 2.03. The molecule has 0 fully saturated rings. The first kappa shape index (κ1) is 12.3. The minimum atomic E-state index is 0.513. The van der Waals surface area contributed by atoms with Gasteiger partial charge in [-0.25, -0.2) is 9.97 Å². The van der Waals surface area contributed by atoms with E-state index >= 15 is 0 Å². The van der Waals surface area contributed by atoms with E-state index in [1.807, 2.05) is 6.07 Å². The van der Waals surface area contributed by atoms with Crippen molar-refractivity contribution in [3.05, 3.63) is 29.8 Å². The van der Waals surface area contributed by atoms with Crippen LogP contribution in [0.5, 0.6) is 11.8 Å². The van der Waals surface area contributed by atoms with Crippen LogP contribution in [0.1, 0.15) is 11.3 Å². The lowest BCUT2D eigenvalue weighted by Crippen LogP contribution is -2.15. The molecule has 0 spiro atoms. The van der Waals surface area contributed by atoms with Crippen LogP contribution in [0.2, 0.25) is 0 Å². The zero-order chi connectivity index (χ0) is 12.8. The molecule has 0 aliphatic heterocycles. The third-order valence-corrected chi connectivity index (χ3v) is 2.43. The van der Waals surface area contributed by atoms with Gasteiger partial charge >= 0.3 is 0 Å². The maximum atomic E-state index is 5.18. The summed E-state index contributed by atoms with van der Waals surface area (Å²) in [7, 11) is 3.14. The largest absolute Gasteiger partial charge is 0.481 e. The van der Waals surface area contributed by atoms with E-state index < -0.39 is 0 Å². The smallest absolute Gasteiger partial charge is 0.224 e. The van der Waals surface area contributed by atoms with Crippen molar-refractivity contribution in [2.45, 2.75) is 13.1 Å². The van der Waals surface area contributed by atoms with Crippen LogP contribution in [-0.4, -0.2) is 34.4 Å². The third-order valence-electron chi connectivity index (χ3n) is 2.43. The molecule has 0 saturated carbocycles. The van der Waals surface area contributed by atoms with Crippen molar-refractivity contribution in [3.8, 4) is 11.8 Å². The fourth-order valence-corrected chi connectivity index (χ4v) is 1.59. The van der Waals surface area contributed by atoms with E-state index in [-0.39, 0.29) is 0 Å². The number of nitrogens with one attached hydrogen (secondary N) is 2. The fourth-order valence-electron chi connectivity index (χ4n) is 1.59. The van der Waals surface area contributed by atoms with E-state index in [9.17, 15) is 0 Å². The summed E-state index contributed by atoms with van der Waals surface area (Å²) in [6.45, 7) is 1.22. The predicted molar refractivity (Wildman–Crippen MR) is 64.3 cm³/mol. The summed E-state index contributed by atoms with van der Waals surface area (Å²) in [6, 6.07) is 1.91. The Kier molecular flexibility index (Phi) is 4.08. The predicted octanol–water partition coefficient (Wildman–Crippen LogP) is 0.507. The first-order chi connectivity index (χ1) is 8.85. The van der Waals surface area contributed by atoms with Crippen molar-refractivity contribution >= 4 is 0 Å². The maximum Gasteiger partial charge on any atom is 0.224 e. The summed E-state index contributed by atoms with van der Waals surface area (Å²) in [6.07, 6.45) is 3.12. The van der Waals surface area contributed by atoms with Gasteiger partial charge in [0.2, 0.25) is 11.8 Å². The highest BCUT2D eigenvalue weighted by Gasteiger charge is 2.12. The van der Waals surface area contributed by atoms with Gasteiger partial charge in [-0.2, -0.15) is 5.10 Å². The molecule has 0 bridgehead atoms. The molecule has 0 aromatic carbocycles. The highest BCUT2D eigenvalue weighted by molar-refractivity contribution is 5.34. The summed E-state index contributed by atoms with van der Waals surface area (Å²) in [5.74, 6) is 1.03. The number of hydrogen-bond donors (Lipinski definition) is 2. The van der Waals surface area contributed by atoms with Crippen molar-refractivity contribution in [1.29, 1.82) is 0 Å². The van der Waals surface area contributed by atoms with Gasteiger partial charge in [-0.05, 0) is 6.07 Å². The van der Waals surface area contributed by atoms with Crippen molar-refractivity contribution < 1.29 is 9.47 Å². The highest BCUT2D eigenvalue weighted by Crippen LogP contribution is 2.22. The number of aromatic nitrogens is 4. The summed E-state index contributed by atoms with van der Waals surface area (Å²) in [5, 5.41) is 9.99. The first-order valence-corrected chi connectivity index (χ1v) is 5.46. The van der Waals surface area contributed by atoms with E-state index in [2.05, 4.69) is 25.5 Å². The second kappa shape index (κ2) is 5.97. The number of methoxy groups -OCH3 is 2. The van der Waals surface area contributed by atoms with Gasteiger partial charge < -0.3 is 14.8 Å². The van der Waals surface area contributed by atoms with Gasteiger partial charge in [-0.1, -0.05) is 0 Å². The Morgan fingerprint density at radius 1 is 1.17 bits per heavy atom. The van der Waals surface area contributed by atoms with Gasteiger partial charge in [0, 0.05) is 25.0 Å². The van der Waals surface area contributed by atoms with Crippen LogP contribution in [0, 0.1) is 0 Å². The minimum absolute atomic E-state index is 0.513. The molecule has 2 aromatic heterocycles. The normalized spacial score (nSPS) is 10.3. The molecule has 0 unspecified atom stereocenters. The van der Waals surface area contributed by atoms with Crippen LogP contribution < -0.4 is 14.8 Å². The average Bonchev–Trinajstić information content (AvgIpc) is 2.92. The second-order valence-corrected chi connectivity index (χ2v) is 3.56. The Morgan fingerprint density at radius 2 is 1.89 bits per heavy atom. The van der Waals surface area contributed by atoms with Crippen LogP contribution in [0.25, 0.3) is 0 Å². The lowest BCUT2D eigenvalue weighted by Gasteiger charge is -2.11. The summed E-state index contributed by atoms with van der Waals surface area (Å²) < 4.78 is 10.4. The van der Waals surface area contributed by atoms with Gasteiger partial charge in [0.1, 0.15) is 6.33 Å². The van der Waals surface area contributed by atoms with Gasteiger partial charge in [-0.3, -0.25) is 5.10 Å². The highest BCUT2D eigenvalue weighted by atomic mass is 16.5. The number of ether oxygens (including phenoxy) is 2. The lowest BCUT2D eigenvalue weighted by molar-refractivity contribution is 0.359. The van der Waals surface area contributed by atoms with Gasteiger partial charge in [0.05, 0.1) is 19.8 Å². The zero-order valence-electron chi connectivity index (χ0n) is 10.3. The molecule has 0 aliphatic rings. The minimum Gasteiger partial charge on any atom is -0.481 e. The van der Waals surface area contributed by atoms with Crippen molar-refractivity contribution in [1.82, 2.24) is 25.5 Å². The molecule has 0 atom stereocenters. The number of aromatic amines is 1. The number of H-pyrrole nitrogens is 1. The fraction of sp³-hybridized carbons (Fsp3) is 0.364. The number of rotatable bonds is 6. The van der Waals surface area contributed by atoms with Crippen LogP contribution in [0.4, 0.5) is 0 Å². The Bertz CT molecular complexity index is 464. The molecule has 2 N–H and O–H groups in total. The molecule has 0 amide bonds. The third kappa shape index (κ3) is 2.75. The summed E-state index contributed by atoms with van der Waals surface area (Å²) in [5.41, 5.74) is 1.80. The molecule has 18 heavy (non-hydrogen) atoms. The molecule has 2 rings (SSSR count). The molecule has 96 valence electrons. The van der Waals surface area contributed by atoms with Crippen LogP contribution >= 0.6 is 0 Å². The zero-order valence-corrected chi connectivity index (χ0v) is 10.3. The van der Waals surface area contributed by atoms with E-state index in [0.29, 0.717) is 24.8 Å².